The van der Waals surface area contributed by atoms with Gasteiger partial charge in [0.25, 0.3) is 5.91 Å². The number of likely N-dealkylation sites (N-methyl/N-ethyl adjacent to an activating group) is 1. The number of piperidine rings is 1. The Morgan fingerprint density at radius 3 is 2.96 bits per heavy atom. The number of ketones is 1. The Morgan fingerprint density at radius 2 is 2.26 bits per heavy atom. The van der Waals surface area contributed by atoms with Crippen molar-refractivity contribution in [2.24, 2.45) is 11.7 Å². The van der Waals surface area contributed by atoms with E-state index in [9.17, 15) is 9.59 Å². The quantitative estimate of drug-likeness (QED) is 0.468. The highest BCUT2D eigenvalue weighted by Crippen LogP contribution is 2.61. The normalized spacial score (nSPS) is 37.1. The maximum atomic E-state index is 12.7. The maximum absolute atomic E-state index is 12.7. The van der Waals surface area contributed by atoms with Gasteiger partial charge in [-0.05, 0) is 23.8 Å². The van der Waals surface area contributed by atoms with Crippen molar-refractivity contribution in [2.75, 3.05) is 20.1 Å². The average molecular weight is 431 g/mol. The number of primary amides is 1. The molecule has 1 fully saturated rings. The minimum Gasteiger partial charge on any atom is -1.00 e. The number of carbonyl (C=O) groups is 2. The molecular formula is C21H23BrN2O3. The highest BCUT2D eigenvalue weighted by Gasteiger charge is 2.67. The molecule has 1 amide bonds. The van der Waals surface area contributed by atoms with E-state index in [0.29, 0.717) is 17.4 Å². The van der Waals surface area contributed by atoms with Crippen LogP contribution < -0.4 is 27.5 Å². The summed E-state index contributed by atoms with van der Waals surface area (Å²) in [5.74, 6) is 0.278. The zero-order chi connectivity index (χ0) is 18.3. The molecule has 2 aliphatic heterocycles. The molecule has 0 aromatic heterocycles. The number of nitrogens with two attached hydrogens (primary N) is 1. The molecule has 5 nitrogen and oxygen atoms in total. The van der Waals surface area contributed by atoms with Gasteiger partial charge >= 0.3 is 0 Å². The summed E-state index contributed by atoms with van der Waals surface area (Å²) < 4.78 is 7.11. The average Bonchev–Trinajstić information content (AvgIpc) is 2.95. The minimum absolute atomic E-state index is 0. The number of amides is 1. The summed E-state index contributed by atoms with van der Waals surface area (Å²) in [4.78, 5) is 24.7. The van der Waals surface area contributed by atoms with Gasteiger partial charge in [-0.1, -0.05) is 18.7 Å². The van der Waals surface area contributed by atoms with Gasteiger partial charge in [-0.2, -0.15) is 0 Å². The van der Waals surface area contributed by atoms with Crippen LogP contribution in [0.15, 0.2) is 36.9 Å². The first-order valence-corrected chi connectivity index (χ1v) is 9.22. The predicted molar refractivity (Wildman–Crippen MR) is 96.9 cm³/mol. The SMILES string of the molecule is C=CC[N@+]1(C)CCC23c4c5ccc(C(N)=O)c4O[C@H]2C(=O)C=C[C@H]3C1C5.[Br-]. The molecule has 2 heterocycles. The van der Waals surface area contributed by atoms with Crippen LogP contribution in [0.4, 0.5) is 0 Å². The van der Waals surface area contributed by atoms with Crippen LogP contribution in [0.3, 0.4) is 0 Å². The lowest BCUT2D eigenvalue weighted by molar-refractivity contribution is -0.938. The monoisotopic (exact) mass is 430 g/mol. The number of likely N-dealkylation sites (tertiary alicyclic amines) is 1. The van der Waals surface area contributed by atoms with Crippen molar-refractivity contribution in [3.05, 3.63) is 53.6 Å². The van der Waals surface area contributed by atoms with E-state index >= 15 is 0 Å². The smallest absolute Gasteiger partial charge is 0.252 e. The molecule has 6 heteroatoms. The molecule has 2 bridgehead atoms. The number of hydrogen-bond donors (Lipinski definition) is 1. The Morgan fingerprint density at radius 1 is 1.48 bits per heavy atom. The molecular weight excluding hydrogens is 408 g/mol. The fourth-order valence-corrected chi connectivity index (χ4v) is 6.07. The van der Waals surface area contributed by atoms with Crippen molar-refractivity contribution < 1.29 is 35.8 Å². The highest BCUT2D eigenvalue weighted by atomic mass is 79.9. The Kier molecular flexibility index (Phi) is 3.95. The largest absolute Gasteiger partial charge is 1.00 e. The third-order valence-electron chi connectivity index (χ3n) is 7.23. The third kappa shape index (κ3) is 2.08. The second kappa shape index (κ2) is 5.79. The number of halogens is 1. The van der Waals surface area contributed by atoms with Crippen molar-refractivity contribution in [3.63, 3.8) is 0 Å². The molecule has 4 aliphatic rings. The molecule has 1 aromatic carbocycles. The van der Waals surface area contributed by atoms with Gasteiger partial charge in [0.05, 0.1) is 31.1 Å². The van der Waals surface area contributed by atoms with Crippen molar-refractivity contribution in [1.82, 2.24) is 0 Å². The van der Waals surface area contributed by atoms with Gasteiger partial charge in [-0.3, -0.25) is 9.59 Å². The second-order valence-electron chi connectivity index (χ2n) is 8.36. The van der Waals surface area contributed by atoms with Gasteiger partial charge in [-0.25, -0.2) is 0 Å². The topological polar surface area (TPSA) is 69.4 Å². The lowest BCUT2D eigenvalue weighted by atomic mass is 9.53. The van der Waals surface area contributed by atoms with E-state index < -0.39 is 12.0 Å². The van der Waals surface area contributed by atoms with Crippen LogP contribution >= 0.6 is 0 Å². The molecule has 2 N–H and O–H groups in total. The molecule has 5 atom stereocenters. The zero-order valence-corrected chi connectivity index (χ0v) is 16.9. The van der Waals surface area contributed by atoms with Gasteiger partial charge in [-0.15, -0.1) is 0 Å². The number of carbonyl (C=O) groups excluding carboxylic acids is 2. The lowest BCUT2D eigenvalue weighted by Crippen LogP contribution is -3.00. The summed E-state index contributed by atoms with van der Waals surface area (Å²) in [6, 6.07) is 4.15. The minimum atomic E-state index is -0.535. The molecule has 1 saturated heterocycles. The summed E-state index contributed by atoms with van der Waals surface area (Å²) in [5.41, 5.74) is 7.90. The van der Waals surface area contributed by atoms with Gasteiger partial charge in [0.1, 0.15) is 11.8 Å². The van der Waals surface area contributed by atoms with Crippen LogP contribution in [0.2, 0.25) is 0 Å². The van der Waals surface area contributed by atoms with Crippen molar-refractivity contribution >= 4 is 11.7 Å². The molecule has 5 rings (SSSR count). The van der Waals surface area contributed by atoms with E-state index in [4.69, 9.17) is 10.5 Å². The molecule has 2 unspecified atom stereocenters. The fraction of sp³-hybridized carbons (Fsp3) is 0.429. The molecule has 0 saturated carbocycles. The molecule has 1 spiro atoms. The molecule has 1 aromatic rings. The van der Waals surface area contributed by atoms with E-state index in [-0.39, 0.29) is 34.1 Å². The number of rotatable bonds is 3. The van der Waals surface area contributed by atoms with Crippen molar-refractivity contribution in [3.8, 4) is 5.75 Å². The summed E-state index contributed by atoms with van der Waals surface area (Å²) in [6.45, 7) is 5.83. The Hall–Kier alpha value is -1.92. The first-order chi connectivity index (χ1) is 12.4. The third-order valence-corrected chi connectivity index (χ3v) is 7.23. The summed E-state index contributed by atoms with van der Waals surface area (Å²) >= 11 is 0. The fourth-order valence-electron chi connectivity index (χ4n) is 6.07. The van der Waals surface area contributed by atoms with Gasteiger partial charge in [0.15, 0.2) is 11.9 Å². The van der Waals surface area contributed by atoms with Crippen LogP contribution in [0.25, 0.3) is 0 Å². The first kappa shape index (κ1) is 18.4. The molecule has 0 radical (unpaired) electrons. The van der Waals surface area contributed by atoms with Crippen LogP contribution in [0.1, 0.15) is 27.9 Å². The molecule has 142 valence electrons. The second-order valence-corrected chi connectivity index (χ2v) is 8.36. The van der Waals surface area contributed by atoms with Crippen LogP contribution in [-0.4, -0.2) is 48.5 Å². The lowest BCUT2D eigenvalue weighted by Gasteiger charge is -2.58. The number of nitrogens with zero attached hydrogens (tertiary/aromatic N) is 1. The summed E-state index contributed by atoms with van der Waals surface area (Å²) in [5, 5.41) is 0. The first-order valence-electron chi connectivity index (χ1n) is 9.22. The standard InChI is InChI=1S/C21H22N2O3.BrH/c1-3-9-23(2)10-8-21-14-6-7-16(24)19(21)26-18-13(20(22)25)5-4-12(17(18)21)11-15(14)23;/h3-7,14-15,19H,1,8-11H2,2H3,(H-,22,25);1H/t14-,15?,19-,21?,23+;/m0./s1. The number of benzene rings is 1. The zero-order valence-electron chi connectivity index (χ0n) is 15.3. The van der Waals surface area contributed by atoms with Crippen LogP contribution in [-0.2, 0) is 16.6 Å². The number of ether oxygens (including phenoxy) is 1. The highest BCUT2D eigenvalue weighted by molar-refractivity contribution is 6.01. The Labute approximate surface area is 169 Å². The van der Waals surface area contributed by atoms with Crippen molar-refractivity contribution in [1.29, 1.82) is 0 Å². The Bertz CT molecular complexity index is 911. The number of quaternary nitrogens is 1. The van der Waals surface area contributed by atoms with E-state index in [1.807, 2.05) is 12.1 Å². The van der Waals surface area contributed by atoms with Gasteiger partial charge in [0.2, 0.25) is 0 Å². The van der Waals surface area contributed by atoms with E-state index in [0.717, 1.165) is 36.0 Å². The Balaban J connectivity index is 0.00000180. The van der Waals surface area contributed by atoms with E-state index in [1.54, 1.807) is 12.1 Å². The molecule has 2 aliphatic carbocycles. The van der Waals surface area contributed by atoms with Crippen LogP contribution in [0, 0.1) is 5.92 Å². The number of hydrogen-bond acceptors (Lipinski definition) is 3. The van der Waals surface area contributed by atoms with Crippen LogP contribution in [0.5, 0.6) is 5.75 Å². The van der Waals surface area contributed by atoms with E-state index in [2.05, 4.69) is 19.7 Å². The summed E-state index contributed by atoms with van der Waals surface area (Å²) in [6.07, 6.45) is 7.02. The maximum Gasteiger partial charge on any atom is 0.252 e. The summed E-state index contributed by atoms with van der Waals surface area (Å²) in [7, 11) is 2.29. The van der Waals surface area contributed by atoms with E-state index in [1.165, 1.54) is 5.56 Å². The molecule has 27 heavy (non-hydrogen) atoms. The van der Waals surface area contributed by atoms with Crippen molar-refractivity contribution in [2.45, 2.75) is 30.4 Å². The predicted octanol–water partition coefficient (Wildman–Crippen LogP) is -1.50. The van der Waals surface area contributed by atoms with Gasteiger partial charge < -0.3 is 31.9 Å². The van der Waals surface area contributed by atoms with Gasteiger partial charge in [0, 0.05) is 24.3 Å².